The molecule has 0 aromatic heterocycles. The molecule has 0 aliphatic rings. The van der Waals surface area contributed by atoms with Crippen molar-refractivity contribution < 1.29 is 9.53 Å². The first-order chi connectivity index (χ1) is 10.5. The van der Waals surface area contributed by atoms with Gasteiger partial charge in [-0.1, -0.05) is 55.8 Å². The van der Waals surface area contributed by atoms with Gasteiger partial charge in [-0.05, 0) is 47.7 Å². The van der Waals surface area contributed by atoms with E-state index in [1.807, 2.05) is 63.2 Å². The first-order valence-electron chi connectivity index (χ1n) is 7.22. The molecule has 2 nitrogen and oxygen atoms in total. The van der Waals surface area contributed by atoms with Crippen LogP contribution in [0.4, 0.5) is 0 Å². The third-order valence-corrected chi connectivity index (χ3v) is 3.74. The summed E-state index contributed by atoms with van der Waals surface area (Å²) in [7, 11) is 0. The quantitative estimate of drug-likeness (QED) is 0.429. The molecule has 0 fully saturated rings. The van der Waals surface area contributed by atoms with Crippen molar-refractivity contribution in [3.63, 3.8) is 0 Å². The minimum absolute atomic E-state index is 0.221. The molecule has 0 saturated heterocycles. The van der Waals surface area contributed by atoms with Gasteiger partial charge in [0, 0.05) is 11.1 Å². The zero-order chi connectivity index (χ0) is 16.1. The number of aryl methyl sites for hydroxylation is 1. The molecule has 0 heterocycles. The van der Waals surface area contributed by atoms with Gasteiger partial charge in [0.1, 0.15) is 5.75 Å². The number of carbonyl (C=O) groups excluding carboxylic acids is 1. The molecule has 0 aliphatic carbocycles. The standard InChI is InChI=1S/C19H19ClO2/c1-13(2)16-12-17(20)14(3)11-18(16)22-19(21)10-9-15-7-5-4-6-8-15/h4-13H,1-3H3/b10-9+. The lowest BCUT2D eigenvalue weighted by atomic mass is 10.0. The Balaban J connectivity index is 2.18. The SMILES string of the molecule is Cc1cc(OC(=O)/C=C/c2ccccc2)c(C(C)C)cc1Cl. The minimum Gasteiger partial charge on any atom is -0.423 e. The number of rotatable bonds is 4. The van der Waals surface area contributed by atoms with Gasteiger partial charge >= 0.3 is 5.97 Å². The monoisotopic (exact) mass is 314 g/mol. The summed E-state index contributed by atoms with van der Waals surface area (Å²) in [5, 5.41) is 0.684. The van der Waals surface area contributed by atoms with Gasteiger partial charge < -0.3 is 4.74 Å². The highest BCUT2D eigenvalue weighted by Gasteiger charge is 2.13. The van der Waals surface area contributed by atoms with Crippen LogP contribution in [0.1, 0.15) is 36.5 Å². The van der Waals surface area contributed by atoms with E-state index in [4.69, 9.17) is 16.3 Å². The van der Waals surface area contributed by atoms with E-state index >= 15 is 0 Å². The van der Waals surface area contributed by atoms with Crippen LogP contribution in [0.3, 0.4) is 0 Å². The normalized spacial score (nSPS) is 11.1. The molecule has 0 radical (unpaired) electrons. The largest absolute Gasteiger partial charge is 0.423 e. The molecule has 0 saturated carbocycles. The number of carbonyl (C=O) groups is 1. The van der Waals surface area contributed by atoms with Gasteiger partial charge in [0.05, 0.1) is 0 Å². The Labute approximate surface area is 136 Å². The molecule has 3 heteroatoms. The molecule has 0 amide bonds. The van der Waals surface area contributed by atoms with Crippen LogP contribution in [-0.4, -0.2) is 5.97 Å². The molecule has 0 unspecified atom stereocenters. The fourth-order valence-corrected chi connectivity index (χ4v) is 2.25. The van der Waals surface area contributed by atoms with E-state index in [2.05, 4.69) is 0 Å². The van der Waals surface area contributed by atoms with Crippen molar-refractivity contribution in [1.29, 1.82) is 0 Å². The number of hydrogen-bond acceptors (Lipinski definition) is 2. The lowest BCUT2D eigenvalue weighted by Crippen LogP contribution is -2.07. The molecular formula is C19H19ClO2. The van der Waals surface area contributed by atoms with Crippen molar-refractivity contribution in [1.82, 2.24) is 0 Å². The van der Waals surface area contributed by atoms with Crippen molar-refractivity contribution in [3.05, 3.63) is 70.3 Å². The third kappa shape index (κ3) is 4.22. The van der Waals surface area contributed by atoms with Gasteiger partial charge in [-0.15, -0.1) is 0 Å². The maximum atomic E-state index is 12.0. The zero-order valence-corrected chi connectivity index (χ0v) is 13.7. The second-order valence-electron chi connectivity index (χ2n) is 5.46. The van der Waals surface area contributed by atoms with E-state index in [1.54, 1.807) is 6.08 Å². The Morgan fingerprint density at radius 3 is 2.50 bits per heavy atom. The van der Waals surface area contributed by atoms with Gasteiger partial charge in [-0.25, -0.2) is 4.79 Å². The Morgan fingerprint density at radius 2 is 1.86 bits per heavy atom. The first-order valence-corrected chi connectivity index (χ1v) is 7.60. The van der Waals surface area contributed by atoms with Crippen LogP contribution >= 0.6 is 11.6 Å². The van der Waals surface area contributed by atoms with Crippen LogP contribution in [0.15, 0.2) is 48.5 Å². The summed E-state index contributed by atoms with van der Waals surface area (Å²) < 4.78 is 5.48. The fraction of sp³-hybridized carbons (Fsp3) is 0.211. The molecule has 0 atom stereocenters. The lowest BCUT2D eigenvalue weighted by Gasteiger charge is -2.14. The predicted molar refractivity (Wildman–Crippen MR) is 91.4 cm³/mol. The highest BCUT2D eigenvalue weighted by molar-refractivity contribution is 6.31. The van der Waals surface area contributed by atoms with Crippen LogP contribution in [0.5, 0.6) is 5.75 Å². The average molecular weight is 315 g/mol. The highest BCUT2D eigenvalue weighted by atomic mass is 35.5. The molecular weight excluding hydrogens is 296 g/mol. The second kappa shape index (κ2) is 7.28. The maximum absolute atomic E-state index is 12.0. The summed E-state index contributed by atoms with van der Waals surface area (Å²) in [6.07, 6.45) is 3.17. The summed E-state index contributed by atoms with van der Waals surface area (Å²) in [6, 6.07) is 13.3. The third-order valence-electron chi connectivity index (χ3n) is 3.34. The van der Waals surface area contributed by atoms with Crippen LogP contribution in [0, 0.1) is 6.92 Å². The topological polar surface area (TPSA) is 26.3 Å². The summed E-state index contributed by atoms with van der Waals surface area (Å²) in [4.78, 5) is 12.0. The Kier molecular flexibility index (Phi) is 5.40. The molecule has 0 N–H and O–H groups in total. The van der Waals surface area contributed by atoms with Gasteiger partial charge in [0.15, 0.2) is 0 Å². The predicted octanol–water partition coefficient (Wildman–Crippen LogP) is 5.39. The van der Waals surface area contributed by atoms with E-state index in [9.17, 15) is 4.79 Å². The second-order valence-corrected chi connectivity index (χ2v) is 5.87. The van der Waals surface area contributed by atoms with Gasteiger partial charge in [-0.2, -0.15) is 0 Å². The van der Waals surface area contributed by atoms with Gasteiger partial charge in [0.2, 0.25) is 0 Å². The molecule has 114 valence electrons. The van der Waals surface area contributed by atoms with Crippen molar-refractivity contribution in [2.75, 3.05) is 0 Å². The van der Waals surface area contributed by atoms with E-state index < -0.39 is 5.97 Å². The van der Waals surface area contributed by atoms with Crippen LogP contribution in [0.2, 0.25) is 5.02 Å². The number of hydrogen-bond donors (Lipinski definition) is 0. The zero-order valence-electron chi connectivity index (χ0n) is 13.0. The Hall–Kier alpha value is -2.06. The van der Waals surface area contributed by atoms with Gasteiger partial charge in [-0.3, -0.25) is 0 Å². The van der Waals surface area contributed by atoms with E-state index in [-0.39, 0.29) is 5.92 Å². The van der Waals surface area contributed by atoms with Crippen LogP contribution in [-0.2, 0) is 4.79 Å². The van der Waals surface area contributed by atoms with Crippen molar-refractivity contribution in [3.8, 4) is 5.75 Å². The van der Waals surface area contributed by atoms with Gasteiger partial charge in [0.25, 0.3) is 0 Å². The molecule has 2 rings (SSSR count). The summed E-state index contributed by atoms with van der Waals surface area (Å²) in [5.74, 6) is 0.395. The van der Waals surface area contributed by atoms with E-state index in [1.165, 1.54) is 6.08 Å². The van der Waals surface area contributed by atoms with Crippen molar-refractivity contribution in [2.24, 2.45) is 0 Å². The number of halogens is 1. The summed E-state index contributed by atoms with van der Waals surface area (Å²) in [6.45, 7) is 5.97. The van der Waals surface area contributed by atoms with Crippen LogP contribution in [0.25, 0.3) is 6.08 Å². The molecule has 22 heavy (non-hydrogen) atoms. The Morgan fingerprint density at radius 1 is 1.18 bits per heavy atom. The first kappa shape index (κ1) is 16.3. The minimum atomic E-state index is -0.396. The molecule has 2 aromatic carbocycles. The fourth-order valence-electron chi connectivity index (χ4n) is 2.08. The van der Waals surface area contributed by atoms with E-state index in [0.717, 1.165) is 16.7 Å². The summed E-state index contributed by atoms with van der Waals surface area (Å²) >= 11 is 6.15. The molecule has 0 spiro atoms. The molecule has 0 aliphatic heterocycles. The average Bonchev–Trinajstić information content (AvgIpc) is 2.49. The van der Waals surface area contributed by atoms with Crippen molar-refractivity contribution in [2.45, 2.75) is 26.7 Å². The number of ether oxygens (including phenoxy) is 1. The smallest absolute Gasteiger partial charge is 0.336 e. The van der Waals surface area contributed by atoms with Crippen LogP contribution < -0.4 is 4.74 Å². The Bertz CT molecular complexity index is 688. The summed E-state index contributed by atoms with van der Waals surface area (Å²) in [5.41, 5.74) is 2.77. The van der Waals surface area contributed by atoms with E-state index in [0.29, 0.717) is 10.8 Å². The molecule has 0 bridgehead atoms. The highest BCUT2D eigenvalue weighted by Crippen LogP contribution is 2.32. The maximum Gasteiger partial charge on any atom is 0.336 e. The lowest BCUT2D eigenvalue weighted by molar-refractivity contribution is -0.128. The number of esters is 1. The molecule has 2 aromatic rings. The van der Waals surface area contributed by atoms with Crippen molar-refractivity contribution >= 4 is 23.6 Å². The number of benzene rings is 2.